The van der Waals surface area contributed by atoms with Crippen molar-refractivity contribution in [3.05, 3.63) is 29.8 Å². The zero-order valence-electron chi connectivity index (χ0n) is 15.6. The average molecular weight is 333 g/mol. The van der Waals surface area contributed by atoms with Crippen molar-refractivity contribution >= 4 is 11.8 Å². The Morgan fingerprint density at radius 3 is 2.54 bits per heavy atom. The third-order valence-electron chi connectivity index (χ3n) is 4.40. The Morgan fingerprint density at radius 1 is 1.29 bits per heavy atom. The molecule has 0 radical (unpaired) electrons. The normalized spacial score (nSPS) is 22.2. The fourth-order valence-corrected chi connectivity index (χ4v) is 2.86. The third-order valence-corrected chi connectivity index (χ3v) is 4.40. The average Bonchev–Trinajstić information content (AvgIpc) is 2.48. The van der Waals surface area contributed by atoms with Crippen molar-refractivity contribution in [3.63, 3.8) is 0 Å². The summed E-state index contributed by atoms with van der Waals surface area (Å²) in [6.45, 7) is 9.85. The number of amides is 1. The lowest BCUT2D eigenvalue weighted by atomic mass is 9.99. The summed E-state index contributed by atoms with van der Waals surface area (Å²) >= 11 is 0. The summed E-state index contributed by atoms with van der Waals surface area (Å²) < 4.78 is 5.25. The summed E-state index contributed by atoms with van der Waals surface area (Å²) in [4.78, 5) is 14.2. The van der Waals surface area contributed by atoms with E-state index in [-0.39, 0.29) is 0 Å². The Hall–Kier alpha value is -1.59. The minimum absolute atomic E-state index is 0.423. The lowest BCUT2D eigenvalue weighted by molar-refractivity contribution is 0.0636. The molecule has 134 valence electrons. The Labute approximate surface area is 145 Å². The topological polar surface area (TPSA) is 53.6 Å². The van der Waals surface area contributed by atoms with E-state index in [1.54, 1.807) is 0 Å². The predicted octanol–water partition coefficient (Wildman–Crippen LogP) is 3.61. The van der Waals surface area contributed by atoms with Crippen LogP contribution >= 0.6 is 0 Å². The van der Waals surface area contributed by atoms with Crippen LogP contribution in [0.5, 0.6) is 0 Å². The molecule has 0 spiro atoms. The van der Waals surface area contributed by atoms with Crippen LogP contribution in [-0.4, -0.2) is 42.3 Å². The van der Waals surface area contributed by atoms with Crippen molar-refractivity contribution in [3.8, 4) is 0 Å². The minimum Gasteiger partial charge on any atom is -0.444 e. The molecule has 1 heterocycles. The summed E-state index contributed by atoms with van der Waals surface area (Å²) in [5, 5.41) is 6.40. The maximum atomic E-state index is 11.8. The van der Waals surface area contributed by atoms with E-state index in [1.807, 2.05) is 45.0 Å². The number of anilines is 1. The van der Waals surface area contributed by atoms with Crippen LogP contribution in [-0.2, 0) is 11.3 Å². The van der Waals surface area contributed by atoms with Gasteiger partial charge in [-0.3, -0.25) is 5.32 Å². The Morgan fingerprint density at radius 2 is 1.96 bits per heavy atom. The Balaban J connectivity index is 1.79. The lowest BCUT2D eigenvalue weighted by Gasteiger charge is -2.35. The SMILES string of the molecule is CC1CC(NCc2ccc(NC(=O)OC(C)(C)C)cc2)CCN1C. The van der Waals surface area contributed by atoms with Gasteiger partial charge in [0.2, 0.25) is 0 Å². The monoisotopic (exact) mass is 333 g/mol. The number of nitrogens with zero attached hydrogens (tertiary/aromatic N) is 1. The molecule has 0 aromatic heterocycles. The Bertz CT molecular complexity index is 537. The van der Waals surface area contributed by atoms with Crippen molar-refractivity contribution in [2.24, 2.45) is 0 Å². The first-order chi connectivity index (χ1) is 11.2. The summed E-state index contributed by atoms with van der Waals surface area (Å²) in [7, 11) is 2.19. The van der Waals surface area contributed by atoms with Crippen LogP contribution in [0, 0.1) is 0 Å². The molecule has 1 fully saturated rings. The molecule has 0 bridgehead atoms. The molecule has 5 heteroatoms. The van der Waals surface area contributed by atoms with Crippen molar-refractivity contribution in [2.45, 2.75) is 64.8 Å². The van der Waals surface area contributed by atoms with Crippen LogP contribution in [0.25, 0.3) is 0 Å². The zero-order valence-corrected chi connectivity index (χ0v) is 15.6. The van der Waals surface area contributed by atoms with E-state index in [4.69, 9.17) is 4.74 Å². The number of piperidine rings is 1. The number of carbonyl (C=O) groups is 1. The first-order valence-electron chi connectivity index (χ1n) is 8.75. The molecule has 1 aromatic carbocycles. The van der Waals surface area contributed by atoms with Gasteiger partial charge in [0.05, 0.1) is 0 Å². The molecular weight excluding hydrogens is 302 g/mol. The van der Waals surface area contributed by atoms with Crippen molar-refractivity contribution in [1.29, 1.82) is 0 Å². The van der Waals surface area contributed by atoms with Crippen LogP contribution in [0.4, 0.5) is 10.5 Å². The molecular formula is C19H31N3O2. The van der Waals surface area contributed by atoms with Gasteiger partial charge in [0.15, 0.2) is 0 Å². The predicted molar refractivity (Wildman–Crippen MR) is 98.3 cm³/mol. The van der Waals surface area contributed by atoms with Gasteiger partial charge in [-0.05, 0) is 71.8 Å². The molecule has 5 nitrogen and oxygen atoms in total. The number of carbonyl (C=O) groups excluding carboxylic acids is 1. The van der Waals surface area contributed by atoms with Crippen LogP contribution in [0.1, 0.15) is 46.1 Å². The Kier molecular flexibility index (Phi) is 6.24. The number of rotatable bonds is 4. The molecule has 1 saturated heterocycles. The fraction of sp³-hybridized carbons (Fsp3) is 0.632. The fourth-order valence-electron chi connectivity index (χ4n) is 2.86. The van der Waals surface area contributed by atoms with Gasteiger partial charge in [-0.2, -0.15) is 0 Å². The molecule has 2 rings (SSSR count). The summed E-state index contributed by atoms with van der Waals surface area (Å²) in [5.74, 6) is 0. The molecule has 1 aliphatic rings. The summed E-state index contributed by atoms with van der Waals surface area (Å²) in [5.41, 5.74) is 1.48. The van der Waals surface area contributed by atoms with Crippen LogP contribution in [0.2, 0.25) is 0 Å². The van der Waals surface area contributed by atoms with Crippen molar-refractivity contribution in [2.75, 3.05) is 18.9 Å². The van der Waals surface area contributed by atoms with Gasteiger partial charge in [0, 0.05) is 24.3 Å². The number of nitrogens with one attached hydrogen (secondary N) is 2. The van der Waals surface area contributed by atoms with Crippen molar-refractivity contribution < 1.29 is 9.53 Å². The van der Waals surface area contributed by atoms with Crippen LogP contribution < -0.4 is 10.6 Å². The van der Waals surface area contributed by atoms with Gasteiger partial charge in [0.25, 0.3) is 0 Å². The quantitative estimate of drug-likeness (QED) is 0.884. The molecule has 24 heavy (non-hydrogen) atoms. The van der Waals surface area contributed by atoms with Gasteiger partial charge in [-0.25, -0.2) is 4.79 Å². The summed E-state index contributed by atoms with van der Waals surface area (Å²) in [6, 6.07) is 9.12. The smallest absolute Gasteiger partial charge is 0.412 e. The minimum atomic E-state index is -0.487. The molecule has 2 atom stereocenters. The van der Waals surface area contributed by atoms with E-state index in [2.05, 4.69) is 29.5 Å². The first kappa shape index (κ1) is 18.7. The second kappa shape index (κ2) is 7.99. The molecule has 0 saturated carbocycles. The van der Waals surface area contributed by atoms with Crippen LogP contribution in [0.3, 0.4) is 0 Å². The first-order valence-corrected chi connectivity index (χ1v) is 8.75. The second-order valence-corrected chi connectivity index (χ2v) is 7.76. The molecule has 0 aliphatic carbocycles. The van der Waals surface area contributed by atoms with E-state index >= 15 is 0 Å². The molecule has 1 aliphatic heterocycles. The van der Waals surface area contributed by atoms with E-state index in [0.29, 0.717) is 12.1 Å². The molecule has 1 aromatic rings. The van der Waals surface area contributed by atoms with Gasteiger partial charge in [-0.15, -0.1) is 0 Å². The second-order valence-electron chi connectivity index (χ2n) is 7.76. The van der Waals surface area contributed by atoms with E-state index in [9.17, 15) is 4.79 Å². The van der Waals surface area contributed by atoms with E-state index in [0.717, 1.165) is 18.8 Å². The number of benzene rings is 1. The van der Waals surface area contributed by atoms with Crippen LogP contribution in [0.15, 0.2) is 24.3 Å². The zero-order chi connectivity index (χ0) is 17.7. The number of hydrogen-bond acceptors (Lipinski definition) is 4. The highest BCUT2D eigenvalue weighted by Crippen LogP contribution is 2.17. The maximum absolute atomic E-state index is 11.8. The molecule has 2 N–H and O–H groups in total. The number of likely N-dealkylation sites (tertiary alicyclic amines) is 1. The standard InChI is InChI=1S/C19H31N3O2/c1-14-12-17(10-11-22(14)5)20-13-15-6-8-16(9-7-15)21-18(23)24-19(2,3)4/h6-9,14,17,20H,10-13H2,1-5H3,(H,21,23). The van der Waals surface area contributed by atoms with E-state index < -0.39 is 11.7 Å². The number of ether oxygens (including phenoxy) is 1. The van der Waals surface area contributed by atoms with Gasteiger partial charge in [0.1, 0.15) is 5.60 Å². The van der Waals surface area contributed by atoms with Gasteiger partial charge in [-0.1, -0.05) is 12.1 Å². The third kappa shape index (κ3) is 6.13. The highest BCUT2D eigenvalue weighted by molar-refractivity contribution is 5.84. The van der Waals surface area contributed by atoms with Gasteiger partial charge >= 0.3 is 6.09 Å². The molecule has 2 unspecified atom stereocenters. The highest BCUT2D eigenvalue weighted by Gasteiger charge is 2.22. The largest absolute Gasteiger partial charge is 0.444 e. The summed E-state index contributed by atoms with van der Waals surface area (Å²) in [6.07, 6.45) is 1.96. The number of hydrogen-bond donors (Lipinski definition) is 2. The molecule has 1 amide bonds. The van der Waals surface area contributed by atoms with Gasteiger partial charge < -0.3 is 15.0 Å². The maximum Gasteiger partial charge on any atom is 0.412 e. The highest BCUT2D eigenvalue weighted by atomic mass is 16.6. The van der Waals surface area contributed by atoms with E-state index in [1.165, 1.54) is 18.4 Å². The van der Waals surface area contributed by atoms with Crippen molar-refractivity contribution in [1.82, 2.24) is 10.2 Å². The lowest BCUT2D eigenvalue weighted by Crippen LogP contribution is -2.45.